The SMILES string of the molecule is c1ccc(-n2c3ccccc3c3c(-c4cccc5c6ccccc6n(-c6cc7ccccc7c7ccccc67)c45)cccc32)cc1. The summed E-state index contributed by atoms with van der Waals surface area (Å²) in [5, 5.41) is 10.1. The first-order valence-electron chi connectivity index (χ1n) is 15.9. The molecule has 0 N–H and O–H groups in total. The van der Waals surface area contributed by atoms with Gasteiger partial charge in [-0.25, -0.2) is 0 Å². The average Bonchev–Trinajstić information content (AvgIpc) is 3.65. The topological polar surface area (TPSA) is 9.86 Å². The van der Waals surface area contributed by atoms with Crippen LogP contribution in [0.25, 0.3) is 87.7 Å². The van der Waals surface area contributed by atoms with Gasteiger partial charge >= 0.3 is 0 Å². The van der Waals surface area contributed by atoms with Gasteiger partial charge in [-0.3, -0.25) is 0 Å². The molecule has 214 valence electrons. The molecule has 0 fully saturated rings. The number of aromatic nitrogens is 2. The number of fused-ring (bicyclic) bond motifs is 9. The minimum Gasteiger partial charge on any atom is -0.309 e. The molecule has 0 unspecified atom stereocenters. The molecule has 10 aromatic rings. The second-order valence-corrected chi connectivity index (χ2v) is 12.1. The fourth-order valence-electron chi connectivity index (χ4n) is 7.80. The van der Waals surface area contributed by atoms with Gasteiger partial charge in [0.1, 0.15) is 0 Å². The lowest BCUT2D eigenvalue weighted by molar-refractivity contribution is 1.18. The van der Waals surface area contributed by atoms with E-state index in [2.05, 4.69) is 179 Å². The van der Waals surface area contributed by atoms with Gasteiger partial charge < -0.3 is 9.13 Å². The van der Waals surface area contributed by atoms with Crippen LogP contribution in [-0.2, 0) is 0 Å². The summed E-state index contributed by atoms with van der Waals surface area (Å²) in [6.07, 6.45) is 0. The molecule has 46 heavy (non-hydrogen) atoms. The third kappa shape index (κ3) is 3.47. The Balaban J connectivity index is 1.39. The molecule has 2 nitrogen and oxygen atoms in total. The van der Waals surface area contributed by atoms with Crippen LogP contribution in [-0.4, -0.2) is 9.13 Å². The summed E-state index contributed by atoms with van der Waals surface area (Å²) in [7, 11) is 0. The first-order valence-corrected chi connectivity index (χ1v) is 15.9. The van der Waals surface area contributed by atoms with Crippen molar-refractivity contribution < 1.29 is 0 Å². The molecule has 2 aromatic heterocycles. The van der Waals surface area contributed by atoms with Crippen LogP contribution in [0.1, 0.15) is 0 Å². The number of hydrogen-bond donors (Lipinski definition) is 0. The van der Waals surface area contributed by atoms with E-state index in [4.69, 9.17) is 0 Å². The van der Waals surface area contributed by atoms with Gasteiger partial charge in [-0.2, -0.15) is 0 Å². The van der Waals surface area contributed by atoms with E-state index in [0.29, 0.717) is 0 Å². The van der Waals surface area contributed by atoms with Gasteiger partial charge in [-0.15, -0.1) is 0 Å². The highest BCUT2D eigenvalue weighted by Crippen LogP contribution is 2.44. The Bertz CT molecular complexity index is 2800. The van der Waals surface area contributed by atoms with Gasteiger partial charge in [0.15, 0.2) is 0 Å². The average molecular weight is 585 g/mol. The normalized spacial score (nSPS) is 11.9. The summed E-state index contributed by atoms with van der Waals surface area (Å²) in [4.78, 5) is 0. The number of benzene rings is 8. The molecule has 8 aromatic carbocycles. The first-order chi connectivity index (χ1) is 22.9. The van der Waals surface area contributed by atoms with Crippen molar-refractivity contribution in [1.82, 2.24) is 9.13 Å². The molecule has 0 bridgehead atoms. The summed E-state index contributed by atoms with van der Waals surface area (Å²) in [5.74, 6) is 0. The van der Waals surface area contributed by atoms with Crippen LogP contribution in [0.3, 0.4) is 0 Å². The van der Waals surface area contributed by atoms with E-state index in [1.807, 2.05) is 0 Å². The standard InChI is InChI=1S/C44H28N2/c1-2-15-30(16-3-1)45-40-26-11-9-21-38(40)43-35(22-13-27-41(43)45)37-24-12-23-36-34-20-8-10-25-39(34)46(44(36)37)42-28-29-14-4-5-17-31(29)32-18-6-7-19-33(32)42/h1-28H. The van der Waals surface area contributed by atoms with E-state index >= 15 is 0 Å². The molecule has 2 heteroatoms. The van der Waals surface area contributed by atoms with Crippen molar-refractivity contribution in [2.75, 3.05) is 0 Å². The molecule has 10 rings (SSSR count). The molecule has 0 aliphatic heterocycles. The summed E-state index contributed by atoms with van der Waals surface area (Å²) in [5.41, 5.74) is 9.70. The van der Waals surface area contributed by atoms with Crippen molar-refractivity contribution in [2.45, 2.75) is 0 Å². The van der Waals surface area contributed by atoms with Crippen LogP contribution in [0, 0.1) is 0 Å². The molecule has 0 spiro atoms. The first kappa shape index (κ1) is 25.2. The molecule has 0 saturated heterocycles. The zero-order valence-corrected chi connectivity index (χ0v) is 25.1. The van der Waals surface area contributed by atoms with E-state index in [9.17, 15) is 0 Å². The Hall–Kier alpha value is -6.12. The predicted molar refractivity (Wildman–Crippen MR) is 196 cm³/mol. The zero-order chi connectivity index (χ0) is 30.2. The molecule has 0 radical (unpaired) electrons. The Kier molecular flexibility index (Phi) is 5.31. The lowest BCUT2D eigenvalue weighted by Gasteiger charge is -2.16. The van der Waals surface area contributed by atoms with Crippen LogP contribution in [0.2, 0.25) is 0 Å². The van der Waals surface area contributed by atoms with Crippen molar-refractivity contribution in [3.8, 4) is 22.5 Å². The number of hydrogen-bond acceptors (Lipinski definition) is 0. The maximum Gasteiger partial charge on any atom is 0.0619 e. The third-order valence-electron chi connectivity index (χ3n) is 9.68. The van der Waals surface area contributed by atoms with Crippen LogP contribution < -0.4 is 0 Å². The van der Waals surface area contributed by atoms with Gasteiger partial charge in [0.25, 0.3) is 0 Å². The second kappa shape index (κ2) is 9.69. The lowest BCUT2D eigenvalue weighted by Crippen LogP contribution is -1.98. The Labute approximate surface area is 266 Å². The fraction of sp³-hybridized carbons (Fsp3) is 0. The van der Waals surface area contributed by atoms with Gasteiger partial charge in [0, 0.05) is 38.2 Å². The summed E-state index contributed by atoms with van der Waals surface area (Å²) < 4.78 is 4.92. The van der Waals surface area contributed by atoms with Crippen molar-refractivity contribution in [3.05, 3.63) is 170 Å². The summed E-state index contributed by atoms with van der Waals surface area (Å²) >= 11 is 0. The highest BCUT2D eigenvalue weighted by molar-refractivity contribution is 6.21. The molecule has 0 amide bonds. The monoisotopic (exact) mass is 584 g/mol. The molecular weight excluding hydrogens is 556 g/mol. The lowest BCUT2D eigenvalue weighted by atomic mass is 9.96. The predicted octanol–water partition coefficient (Wildman–Crippen LogP) is 11.9. The Morgan fingerprint density at radius 3 is 1.72 bits per heavy atom. The Morgan fingerprint density at radius 1 is 0.326 bits per heavy atom. The third-order valence-corrected chi connectivity index (χ3v) is 9.68. The van der Waals surface area contributed by atoms with E-state index in [-0.39, 0.29) is 0 Å². The van der Waals surface area contributed by atoms with E-state index in [1.165, 1.54) is 87.7 Å². The highest BCUT2D eigenvalue weighted by atomic mass is 15.0. The minimum absolute atomic E-state index is 1.17. The molecule has 2 heterocycles. The van der Waals surface area contributed by atoms with Crippen molar-refractivity contribution in [1.29, 1.82) is 0 Å². The van der Waals surface area contributed by atoms with Gasteiger partial charge in [0.05, 0.1) is 27.8 Å². The molecule has 0 aliphatic rings. The largest absolute Gasteiger partial charge is 0.309 e. The summed E-state index contributed by atoms with van der Waals surface area (Å²) in [6, 6.07) is 62.0. The fourth-order valence-corrected chi connectivity index (χ4v) is 7.80. The maximum atomic E-state index is 2.52. The van der Waals surface area contributed by atoms with E-state index < -0.39 is 0 Å². The van der Waals surface area contributed by atoms with Crippen LogP contribution >= 0.6 is 0 Å². The highest BCUT2D eigenvalue weighted by Gasteiger charge is 2.21. The summed E-state index contributed by atoms with van der Waals surface area (Å²) in [6.45, 7) is 0. The number of rotatable bonds is 3. The van der Waals surface area contributed by atoms with Crippen molar-refractivity contribution >= 4 is 65.2 Å². The van der Waals surface area contributed by atoms with Crippen LogP contribution in [0.5, 0.6) is 0 Å². The molecular formula is C44H28N2. The second-order valence-electron chi connectivity index (χ2n) is 12.1. The van der Waals surface area contributed by atoms with Crippen LogP contribution in [0.4, 0.5) is 0 Å². The minimum atomic E-state index is 1.17. The quantitative estimate of drug-likeness (QED) is 0.183. The van der Waals surface area contributed by atoms with Gasteiger partial charge in [0.2, 0.25) is 0 Å². The van der Waals surface area contributed by atoms with E-state index in [1.54, 1.807) is 0 Å². The van der Waals surface area contributed by atoms with Crippen molar-refractivity contribution in [2.24, 2.45) is 0 Å². The van der Waals surface area contributed by atoms with Crippen molar-refractivity contribution in [3.63, 3.8) is 0 Å². The molecule has 0 aliphatic carbocycles. The molecule has 0 atom stereocenters. The van der Waals surface area contributed by atoms with Crippen LogP contribution in [0.15, 0.2) is 170 Å². The zero-order valence-electron chi connectivity index (χ0n) is 25.1. The van der Waals surface area contributed by atoms with E-state index in [0.717, 1.165) is 0 Å². The maximum absolute atomic E-state index is 2.52. The van der Waals surface area contributed by atoms with Gasteiger partial charge in [-0.1, -0.05) is 133 Å². The molecule has 0 saturated carbocycles. The number of nitrogens with zero attached hydrogens (tertiary/aromatic N) is 2. The Morgan fingerprint density at radius 2 is 0.891 bits per heavy atom. The smallest absolute Gasteiger partial charge is 0.0619 e. The number of para-hydroxylation sites is 4. The van der Waals surface area contributed by atoms with Gasteiger partial charge in [-0.05, 0) is 58.1 Å².